The molecule has 154 valence electrons. The van der Waals surface area contributed by atoms with Gasteiger partial charge in [0.05, 0.1) is 5.92 Å². The van der Waals surface area contributed by atoms with E-state index >= 15 is 0 Å². The van der Waals surface area contributed by atoms with Crippen molar-refractivity contribution in [3.05, 3.63) is 59.7 Å². The zero-order valence-corrected chi connectivity index (χ0v) is 17.1. The van der Waals surface area contributed by atoms with Crippen molar-refractivity contribution in [2.45, 2.75) is 45.4 Å². The van der Waals surface area contributed by atoms with E-state index in [1.165, 1.54) is 5.56 Å². The predicted octanol–water partition coefficient (Wildman–Crippen LogP) is 4.12. The van der Waals surface area contributed by atoms with Gasteiger partial charge >= 0.3 is 0 Å². The molecule has 0 radical (unpaired) electrons. The van der Waals surface area contributed by atoms with Crippen LogP contribution in [0.3, 0.4) is 0 Å². The van der Waals surface area contributed by atoms with Crippen LogP contribution in [0.25, 0.3) is 0 Å². The number of carbonyl (C=O) groups excluding carboxylic acids is 2. The fraction of sp³-hybridized carbons (Fsp3) is 0.417. The summed E-state index contributed by atoms with van der Waals surface area (Å²) in [5.41, 5.74) is 3.01. The van der Waals surface area contributed by atoms with E-state index in [4.69, 9.17) is 4.74 Å². The molecule has 0 bridgehead atoms. The average Bonchev–Trinajstić information content (AvgIpc) is 2.75. The molecule has 2 N–H and O–H groups in total. The summed E-state index contributed by atoms with van der Waals surface area (Å²) in [6.07, 6.45) is 4.89. The molecule has 3 rings (SSSR count). The van der Waals surface area contributed by atoms with E-state index in [2.05, 4.69) is 29.7 Å². The first-order valence-electron chi connectivity index (χ1n) is 10.5. The summed E-state index contributed by atoms with van der Waals surface area (Å²) in [7, 11) is 0. The third kappa shape index (κ3) is 6.34. The lowest BCUT2D eigenvalue weighted by Gasteiger charge is -2.25. The predicted molar refractivity (Wildman–Crippen MR) is 115 cm³/mol. The van der Waals surface area contributed by atoms with Crippen molar-refractivity contribution < 1.29 is 14.3 Å². The molecule has 1 heterocycles. The summed E-state index contributed by atoms with van der Waals surface area (Å²) in [5, 5.41) is 5.97. The third-order valence-electron chi connectivity index (χ3n) is 5.16. The summed E-state index contributed by atoms with van der Waals surface area (Å²) in [5.74, 6) is 0.646. The van der Waals surface area contributed by atoms with E-state index in [9.17, 15) is 9.59 Å². The van der Waals surface area contributed by atoms with Crippen molar-refractivity contribution in [2.24, 2.45) is 5.92 Å². The van der Waals surface area contributed by atoms with Crippen molar-refractivity contribution >= 4 is 17.5 Å². The molecule has 0 saturated carbocycles. The maximum absolute atomic E-state index is 12.5. The summed E-state index contributed by atoms with van der Waals surface area (Å²) in [6, 6.07) is 15.9. The standard InChI is InChI=1S/C24H30N2O3/c1-2-3-11-23(27)26-21-12-13-22-19(16-21)15-20(17-29-22)24(28)25-14-7-10-18-8-5-4-6-9-18/h4-6,8-9,12-13,16,20H,2-3,7,10-11,14-15,17H2,1H3,(H,25,28)(H,26,27). The largest absolute Gasteiger partial charge is 0.492 e. The van der Waals surface area contributed by atoms with Crippen LogP contribution in [-0.4, -0.2) is 25.0 Å². The number of amides is 2. The summed E-state index contributed by atoms with van der Waals surface area (Å²) in [4.78, 5) is 24.5. The molecule has 0 aliphatic carbocycles. The highest BCUT2D eigenvalue weighted by molar-refractivity contribution is 5.91. The van der Waals surface area contributed by atoms with Crippen molar-refractivity contribution in [2.75, 3.05) is 18.5 Å². The number of anilines is 1. The van der Waals surface area contributed by atoms with E-state index in [0.717, 1.165) is 42.7 Å². The first-order chi connectivity index (χ1) is 14.2. The Morgan fingerprint density at radius 1 is 1.10 bits per heavy atom. The fourth-order valence-electron chi connectivity index (χ4n) is 3.49. The molecule has 0 aromatic heterocycles. The maximum Gasteiger partial charge on any atom is 0.226 e. The Balaban J connectivity index is 1.48. The zero-order chi connectivity index (χ0) is 20.5. The summed E-state index contributed by atoms with van der Waals surface area (Å²) >= 11 is 0. The Labute approximate surface area is 172 Å². The number of benzene rings is 2. The minimum absolute atomic E-state index is 0.0243. The van der Waals surface area contributed by atoms with Crippen molar-refractivity contribution in [3.8, 4) is 5.75 Å². The van der Waals surface area contributed by atoms with Crippen LogP contribution in [-0.2, 0) is 22.4 Å². The van der Waals surface area contributed by atoms with Gasteiger partial charge in [-0.3, -0.25) is 9.59 Å². The number of carbonyl (C=O) groups is 2. The lowest BCUT2D eigenvalue weighted by molar-refractivity contribution is -0.126. The Bertz CT molecular complexity index is 820. The van der Waals surface area contributed by atoms with Gasteiger partial charge in [0, 0.05) is 18.7 Å². The minimum atomic E-state index is -0.203. The van der Waals surface area contributed by atoms with Crippen molar-refractivity contribution in [3.63, 3.8) is 0 Å². The number of unbranched alkanes of at least 4 members (excludes halogenated alkanes) is 1. The zero-order valence-electron chi connectivity index (χ0n) is 17.1. The molecule has 5 nitrogen and oxygen atoms in total. The Hall–Kier alpha value is -2.82. The molecule has 2 aromatic rings. The van der Waals surface area contributed by atoms with Crippen LogP contribution in [0.15, 0.2) is 48.5 Å². The highest BCUT2D eigenvalue weighted by Crippen LogP contribution is 2.30. The van der Waals surface area contributed by atoms with Crippen molar-refractivity contribution in [1.82, 2.24) is 5.32 Å². The molecule has 0 spiro atoms. The maximum atomic E-state index is 12.5. The molecule has 1 unspecified atom stereocenters. The number of ether oxygens (including phenoxy) is 1. The smallest absolute Gasteiger partial charge is 0.226 e. The Morgan fingerprint density at radius 2 is 1.93 bits per heavy atom. The van der Waals surface area contributed by atoms with Gasteiger partial charge in [-0.05, 0) is 55.0 Å². The second-order valence-corrected chi connectivity index (χ2v) is 7.57. The number of aryl methyl sites for hydroxylation is 1. The molecule has 0 saturated heterocycles. The van der Waals surface area contributed by atoms with Gasteiger partial charge in [0.2, 0.25) is 11.8 Å². The van der Waals surface area contributed by atoms with E-state index in [0.29, 0.717) is 26.0 Å². The van der Waals surface area contributed by atoms with Crippen LogP contribution in [0.2, 0.25) is 0 Å². The quantitative estimate of drug-likeness (QED) is 0.629. The average molecular weight is 395 g/mol. The van der Waals surface area contributed by atoms with Crippen LogP contribution in [0, 0.1) is 5.92 Å². The van der Waals surface area contributed by atoms with Gasteiger partial charge in [-0.15, -0.1) is 0 Å². The van der Waals surface area contributed by atoms with Crippen LogP contribution >= 0.6 is 0 Å². The Morgan fingerprint density at radius 3 is 2.72 bits per heavy atom. The van der Waals surface area contributed by atoms with Gasteiger partial charge in [-0.25, -0.2) is 0 Å². The van der Waals surface area contributed by atoms with Crippen LogP contribution in [0.1, 0.15) is 43.7 Å². The summed E-state index contributed by atoms with van der Waals surface area (Å²) in [6.45, 7) is 3.11. The molecule has 2 amide bonds. The molecule has 1 atom stereocenters. The van der Waals surface area contributed by atoms with Gasteiger partial charge in [0.15, 0.2) is 0 Å². The fourth-order valence-corrected chi connectivity index (χ4v) is 3.49. The normalized spacial score (nSPS) is 15.1. The van der Waals surface area contributed by atoms with Gasteiger partial charge in [0.1, 0.15) is 12.4 Å². The summed E-state index contributed by atoms with van der Waals surface area (Å²) < 4.78 is 5.78. The molecular weight excluding hydrogens is 364 g/mol. The molecule has 0 fully saturated rings. The monoisotopic (exact) mass is 394 g/mol. The number of hydrogen-bond donors (Lipinski definition) is 2. The van der Waals surface area contributed by atoms with Gasteiger partial charge < -0.3 is 15.4 Å². The first kappa shape index (κ1) is 20.9. The van der Waals surface area contributed by atoms with Crippen molar-refractivity contribution in [1.29, 1.82) is 0 Å². The van der Waals surface area contributed by atoms with E-state index in [1.54, 1.807) is 0 Å². The van der Waals surface area contributed by atoms with E-state index in [-0.39, 0.29) is 17.7 Å². The number of nitrogens with one attached hydrogen (secondary N) is 2. The van der Waals surface area contributed by atoms with E-state index in [1.807, 2.05) is 36.4 Å². The molecular formula is C24H30N2O3. The van der Waals surface area contributed by atoms with Gasteiger partial charge in [0.25, 0.3) is 0 Å². The van der Waals surface area contributed by atoms with Crippen LogP contribution < -0.4 is 15.4 Å². The lowest BCUT2D eigenvalue weighted by Crippen LogP contribution is -2.37. The molecule has 1 aliphatic heterocycles. The minimum Gasteiger partial charge on any atom is -0.492 e. The highest BCUT2D eigenvalue weighted by atomic mass is 16.5. The Kier molecular flexibility index (Phi) is 7.68. The molecule has 5 heteroatoms. The van der Waals surface area contributed by atoms with E-state index < -0.39 is 0 Å². The highest BCUT2D eigenvalue weighted by Gasteiger charge is 2.26. The van der Waals surface area contributed by atoms with Gasteiger partial charge in [-0.2, -0.15) is 0 Å². The van der Waals surface area contributed by atoms with Crippen LogP contribution in [0.5, 0.6) is 5.75 Å². The lowest BCUT2D eigenvalue weighted by atomic mass is 9.95. The molecule has 1 aliphatic rings. The molecule has 2 aromatic carbocycles. The van der Waals surface area contributed by atoms with Gasteiger partial charge in [-0.1, -0.05) is 43.7 Å². The number of fused-ring (bicyclic) bond motifs is 1. The van der Waals surface area contributed by atoms with Crippen LogP contribution in [0.4, 0.5) is 5.69 Å². The second kappa shape index (κ2) is 10.6. The number of hydrogen-bond acceptors (Lipinski definition) is 3. The third-order valence-corrected chi connectivity index (χ3v) is 5.16. The second-order valence-electron chi connectivity index (χ2n) is 7.57. The molecule has 29 heavy (non-hydrogen) atoms. The first-order valence-corrected chi connectivity index (χ1v) is 10.5. The number of rotatable bonds is 9. The topological polar surface area (TPSA) is 67.4 Å². The SMILES string of the molecule is CCCCC(=O)Nc1ccc2c(c1)CC(C(=O)NCCCc1ccccc1)CO2.